The summed E-state index contributed by atoms with van der Waals surface area (Å²) in [6, 6.07) is 9.49. The summed E-state index contributed by atoms with van der Waals surface area (Å²) in [7, 11) is 0. The number of benzene rings is 1. The number of para-hydroxylation sites is 1. The van der Waals surface area contributed by atoms with Crippen molar-refractivity contribution >= 4 is 35.3 Å². The van der Waals surface area contributed by atoms with Crippen LogP contribution in [-0.2, 0) is 14.4 Å². The zero-order valence-electron chi connectivity index (χ0n) is 12.9. The van der Waals surface area contributed by atoms with Crippen molar-refractivity contribution in [2.45, 2.75) is 25.7 Å². The van der Waals surface area contributed by atoms with Crippen LogP contribution < -0.4 is 16.2 Å². The van der Waals surface area contributed by atoms with Crippen molar-refractivity contribution in [3.05, 3.63) is 30.3 Å². The molecule has 1 amide bonds. The Hall–Kier alpha value is -2.06. The number of rotatable bonds is 9. The maximum atomic E-state index is 11.1. The van der Waals surface area contributed by atoms with Gasteiger partial charge in [-0.25, -0.2) is 4.79 Å². The Balaban J connectivity index is 0.000000568. The van der Waals surface area contributed by atoms with Crippen LogP contribution in [0.4, 0.5) is 5.69 Å². The Labute approximate surface area is 139 Å². The number of nitrogens with one attached hydrogen (secondary N) is 1. The molecular formula is C15H23N3O4S. The van der Waals surface area contributed by atoms with Gasteiger partial charge < -0.3 is 16.2 Å². The molecule has 1 rings (SSSR count). The Morgan fingerprint density at radius 1 is 1.09 bits per heavy atom. The molecular weight excluding hydrogens is 318 g/mol. The molecule has 0 saturated carbocycles. The highest BCUT2D eigenvalue weighted by Crippen LogP contribution is 2.00. The lowest BCUT2D eigenvalue weighted by Gasteiger charge is -2.02. The van der Waals surface area contributed by atoms with E-state index in [2.05, 4.69) is 5.32 Å². The number of amides is 1. The van der Waals surface area contributed by atoms with Crippen LogP contribution in [0.3, 0.4) is 0 Å². The number of ketones is 1. The summed E-state index contributed by atoms with van der Waals surface area (Å²) in [4.78, 5) is 32.0. The minimum absolute atomic E-state index is 0.0126. The van der Waals surface area contributed by atoms with E-state index in [1.807, 2.05) is 30.3 Å². The van der Waals surface area contributed by atoms with E-state index in [1.165, 1.54) is 0 Å². The number of nitrogen functional groups attached to an aromatic ring is 1. The molecule has 1 aromatic rings. The van der Waals surface area contributed by atoms with Gasteiger partial charge in [-0.1, -0.05) is 30.1 Å². The molecule has 23 heavy (non-hydrogen) atoms. The standard InChI is InChI=1S/C9H16N2O4S.C6H7N/c10-16-6-5-11-8(13)4-2-1-3-7(12)9(14)15;7-6-4-2-1-3-5-6/h1-6,10H2,(H,11,13)(H,14,15);1-5H,7H2. The normalized spacial score (nSPS) is 9.43. The molecule has 128 valence electrons. The minimum Gasteiger partial charge on any atom is -0.476 e. The SMILES string of the molecule is NSCCNC(=O)CCCCC(=O)C(=O)O.Nc1ccccc1. The first-order valence-electron chi connectivity index (χ1n) is 7.12. The van der Waals surface area contributed by atoms with Gasteiger partial charge in [0, 0.05) is 30.8 Å². The van der Waals surface area contributed by atoms with Crippen molar-refractivity contribution in [3.8, 4) is 0 Å². The molecule has 1 aromatic carbocycles. The molecule has 0 atom stereocenters. The number of carboxylic acid groups (broad SMARTS) is 1. The maximum absolute atomic E-state index is 11.1. The summed E-state index contributed by atoms with van der Waals surface area (Å²) in [6.45, 7) is 0.522. The van der Waals surface area contributed by atoms with Gasteiger partial charge in [-0.15, -0.1) is 0 Å². The third kappa shape index (κ3) is 13.3. The van der Waals surface area contributed by atoms with Crippen molar-refractivity contribution in [1.29, 1.82) is 0 Å². The second-order valence-corrected chi connectivity index (χ2v) is 5.31. The predicted octanol–water partition coefficient (Wildman–Crippen LogP) is 1.19. The third-order valence-electron chi connectivity index (χ3n) is 2.64. The van der Waals surface area contributed by atoms with E-state index in [-0.39, 0.29) is 12.3 Å². The highest BCUT2D eigenvalue weighted by atomic mass is 32.2. The van der Waals surface area contributed by atoms with E-state index < -0.39 is 11.8 Å². The van der Waals surface area contributed by atoms with Crippen molar-refractivity contribution in [1.82, 2.24) is 5.32 Å². The molecule has 0 aromatic heterocycles. The number of carbonyl (C=O) groups is 3. The molecule has 6 N–H and O–H groups in total. The van der Waals surface area contributed by atoms with Crippen molar-refractivity contribution in [3.63, 3.8) is 0 Å². The number of carbonyl (C=O) groups excluding carboxylic acids is 2. The molecule has 0 aliphatic heterocycles. The number of aliphatic carboxylic acids is 1. The lowest BCUT2D eigenvalue weighted by Crippen LogP contribution is -2.25. The molecule has 0 bridgehead atoms. The number of unbranched alkanes of at least 4 members (excludes halogenated alkanes) is 1. The summed E-state index contributed by atoms with van der Waals surface area (Å²) in [5.41, 5.74) is 6.18. The molecule has 0 unspecified atom stereocenters. The van der Waals surface area contributed by atoms with Gasteiger partial charge >= 0.3 is 5.97 Å². The highest BCUT2D eigenvalue weighted by Gasteiger charge is 2.10. The Kier molecular flexibility index (Phi) is 12.4. The summed E-state index contributed by atoms with van der Waals surface area (Å²) < 4.78 is 0. The largest absolute Gasteiger partial charge is 0.476 e. The zero-order chi connectivity index (χ0) is 17.5. The van der Waals surface area contributed by atoms with E-state index in [4.69, 9.17) is 16.0 Å². The van der Waals surface area contributed by atoms with E-state index in [0.717, 1.165) is 17.6 Å². The van der Waals surface area contributed by atoms with E-state index in [0.29, 0.717) is 31.6 Å². The molecule has 0 saturated heterocycles. The van der Waals surface area contributed by atoms with Crippen LogP contribution in [0.2, 0.25) is 0 Å². The number of hydrogen-bond donors (Lipinski definition) is 4. The van der Waals surface area contributed by atoms with Gasteiger partial charge in [0.25, 0.3) is 0 Å². The molecule has 8 heteroatoms. The lowest BCUT2D eigenvalue weighted by molar-refractivity contribution is -0.149. The van der Waals surface area contributed by atoms with Gasteiger partial charge in [0.05, 0.1) is 0 Å². The summed E-state index contributed by atoms with van der Waals surface area (Å²) in [5.74, 6) is -1.66. The fourth-order valence-corrected chi connectivity index (χ4v) is 1.69. The first kappa shape index (κ1) is 20.9. The first-order chi connectivity index (χ1) is 11.0. The Morgan fingerprint density at radius 3 is 2.17 bits per heavy atom. The fraction of sp³-hybridized carbons (Fsp3) is 0.400. The van der Waals surface area contributed by atoms with Gasteiger partial charge in [-0.05, 0) is 25.0 Å². The topological polar surface area (TPSA) is 136 Å². The molecule has 0 aliphatic carbocycles. The van der Waals surface area contributed by atoms with Gasteiger partial charge in [0.1, 0.15) is 0 Å². The van der Waals surface area contributed by atoms with Crippen molar-refractivity contribution in [2.75, 3.05) is 18.0 Å². The predicted molar refractivity (Wildman–Crippen MR) is 91.6 cm³/mol. The van der Waals surface area contributed by atoms with E-state index in [1.54, 1.807) is 0 Å². The first-order valence-corrected chi connectivity index (χ1v) is 8.17. The quantitative estimate of drug-likeness (QED) is 0.229. The summed E-state index contributed by atoms with van der Waals surface area (Å²) in [5, 5.41) is 16.1. The number of hydrogen-bond acceptors (Lipinski definition) is 6. The molecule has 0 heterocycles. The van der Waals surface area contributed by atoms with Crippen molar-refractivity contribution in [2.24, 2.45) is 5.14 Å². The average Bonchev–Trinajstić information content (AvgIpc) is 2.53. The summed E-state index contributed by atoms with van der Waals surface area (Å²) >= 11 is 1.15. The maximum Gasteiger partial charge on any atom is 0.372 e. The third-order valence-corrected chi connectivity index (χ3v) is 3.08. The number of anilines is 1. The molecule has 0 spiro atoms. The van der Waals surface area contributed by atoms with Crippen LogP contribution in [-0.4, -0.2) is 35.1 Å². The zero-order valence-corrected chi connectivity index (χ0v) is 13.7. The number of Topliss-reactive ketones (excluding diaryl/α,β-unsaturated/α-hetero) is 1. The van der Waals surface area contributed by atoms with Crippen LogP contribution in [0.25, 0.3) is 0 Å². The van der Waals surface area contributed by atoms with Crippen LogP contribution in [0.15, 0.2) is 30.3 Å². The van der Waals surface area contributed by atoms with Gasteiger partial charge in [-0.2, -0.15) is 0 Å². The molecule has 0 aliphatic rings. The monoisotopic (exact) mass is 341 g/mol. The van der Waals surface area contributed by atoms with Crippen LogP contribution >= 0.6 is 11.9 Å². The fourth-order valence-electron chi connectivity index (χ4n) is 1.47. The van der Waals surface area contributed by atoms with E-state index in [9.17, 15) is 14.4 Å². The van der Waals surface area contributed by atoms with Crippen LogP contribution in [0, 0.1) is 0 Å². The van der Waals surface area contributed by atoms with Crippen LogP contribution in [0.5, 0.6) is 0 Å². The number of nitrogens with two attached hydrogens (primary N) is 2. The summed E-state index contributed by atoms with van der Waals surface area (Å²) in [6.07, 6.45) is 1.23. The molecule has 0 radical (unpaired) electrons. The second-order valence-electron chi connectivity index (χ2n) is 4.57. The number of carboxylic acids is 1. The smallest absolute Gasteiger partial charge is 0.372 e. The Bertz CT molecular complexity index is 483. The lowest BCUT2D eigenvalue weighted by atomic mass is 10.1. The average molecular weight is 341 g/mol. The van der Waals surface area contributed by atoms with Crippen LogP contribution in [0.1, 0.15) is 25.7 Å². The van der Waals surface area contributed by atoms with E-state index >= 15 is 0 Å². The van der Waals surface area contributed by atoms with Gasteiger partial charge in [-0.3, -0.25) is 14.7 Å². The minimum atomic E-state index is -1.41. The molecule has 7 nitrogen and oxygen atoms in total. The second kappa shape index (κ2) is 13.6. The highest BCUT2D eigenvalue weighted by molar-refractivity contribution is 7.97. The molecule has 0 fully saturated rings. The Morgan fingerprint density at radius 2 is 1.70 bits per heavy atom. The van der Waals surface area contributed by atoms with Gasteiger partial charge in [0.15, 0.2) is 0 Å². The van der Waals surface area contributed by atoms with Crippen molar-refractivity contribution < 1.29 is 19.5 Å². The van der Waals surface area contributed by atoms with Gasteiger partial charge in [0.2, 0.25) is 11.7 Å².